The SMILES string of the molecule is Cc1cc(CCSCc2csc(NC3=NCCN3)n2)[nH]c(=O)c1CCc1ccccc1. The number of thioether (sulfide) groups is 1. The molecule has 3 aromatic rings. The van der Waals surface area contributed by atoms with Gasteiger partial charge in [-0.3, -0.25) is 9.79 Å². The molecule has 0 spiro atoms. The average molecular weight is 454 g/mol. The second-order valence-corrected chi connectivity index (χ2v) is 9.46. The number of rotatable bonds is 9. The van der Waals surface area contributed by atoms with Crippen LogP contribution in [0.2, 0.25) is 0 Å². The van der Waals surface area contributed by atoms with Crippen molar-refractivity contribution in [3.63, 3.8) is 0 Å². The van der Waals surface area contributed by atoms with Crippen molar-refractivity contribution in [2.24, 2.45) is 4.99 Å². The highest BCUT2D eigenvalue weighted by Crippen LogP contribution is 2.20. The molecule has 0 saturated carbocycles. The van der Waals surface area contributed by atoms with Crippen molar-refractivity contribution in [2.75, 3.05) is 24.2 Å². The van der Waals surface area contributed by atoms with Gasteiger partial charge >= 0.3 is 0 Å². The molecule has 1 aromatic carbocycles. The number of aliphatic imine (C=N–C) groups is 1. The Kier molecular flexibility index (Phi) is 7.43. The molecule has 3 heterocycles. The smallest absolute Gasteiger partial charge is 0.251 e. The van der Waals surface area contributed by atoms with Gasteiger partial charge in [-0.2, -0.15) is 11.8 Å². The molecule has 8 heteroatoms. The molecule has 0 saturated heterocycles. The van der Waals surface area contributed by atoms with E-state index in [1.165, 1.54) is 5.56 Å². The zero-order valence-electron chi connectivity index (χ0n) is 17.6. The molecule has 4 rings (SSSR count). The van der Waals surface area contributed by atoms with Crippen LogP contribution in [0.5, 0.6) is 0 Å². The minimum absolute atomic E-state index is 0.0505. The van der Waals surface area contributed by atoms with Gasteiger partial charge < -0.3 is 15.6 Å². The Morgan fingerprint density at radius 3 is 2.84 bits per heavy atom. The highest BCUT2D eigenvalue weighted by atomic mass is 32.2. The lowest BCUT2D eigenvalue weighted by Crippen LogP contribution is -2.26. The van der Waals surface area contributed by atoms with Crippen LogP contribution in [0.1, 0.15) is 28.1 Å². The third kappa shape index (κ3) is 6.21. The minimum atomic E-state index is 0.0505. The summed E-state index contributed by atoms with van der Waals surface area (Å²) in [5.41, 5.74) is 5.35. The fourth-order valence-electron chi connectivity index (χ4n) is 3.52. The van der Waals surface area contributed by atoms with E-state index in [0.717, 1.165) is 77.5 Å². The van der Waals surface area contributed by atoms with Crippen LogP contribution >= 0.6 is 23.1 Å². The number of aryl methyl sites for hydroxylation is 3. The van der Waals surface area contributed by atoms with E-state index in [2.05, 4.69) is 49.2 Å². The van der Waals surface area contributed by atoms with Gasteiger partial charge in [0, 0.05) is 28.9 Å². The first-order valence-electron chi connectivity index (χ1n) is 10.5. The van der Waals surface area contributed by atoms with Crippen LogP contribution in [-0.2, 0) is 25.0 Å². The largest absolute Gasteiger partial charge is 0.354 e. The molecule has 0 amide bonds. The second kappa shape index (κ2) is 10.6. The van der Waals surface area contributed by atoms with E-state index in [1.54, 1.807) is 11.3 Å². The normalized spacial score (nSPS) is 13.1. The molecule has 0 bridgehead atoms. The third-order valence-electron chi connectivity index (χ3n) is 5.14. The highest BCUT2D eigenvalue weighted by Gasteiger charge is 2.09. The summed E-state index contributed by atoms with van der Waals surface area (Å²) in [5, 5.41) is 9.35. The summed E-state index contributed by atoms with van der Waals surface area (Å²) in [5.74, 6) is 2.60. The molecular weight excluding hydrogens is 426 g/mol. The predicted octanol–water partition coefficient (Wildman–Crippen LogP) is 3.77. The van der Waals surface area contributed by atoms with Crippen molar-refractivity contribution >= 4 is 34.2 Å². The van der Waals surface area contributed by atoms with Crippen molar-refractivity contribution in [1.29, 1.82) is 0 Å². The fraction of sp³-hybridized carbons (Fsp3) is 0.348. The number of thiazole rings is 1. The van der Waals surface area contributed by atoms with Gasteiger partial charge in [0.2, 0.25) is 0 Å². The quantitative estimate of drug-likeness (QED) is 0.430. The van der Waals surface area contributed by atoms with E-state index in [-0.39, 0.29) is 5.56 Å². The first-order chi connectivity index (χ1) is 15.2. The molecule has 1 aliphatic rings. The van der Waals surface area contributed by atoms with Crippen molar-refractivity contribution in [2.45, 2.75) is 31.9 Å². The number of aromatic nitrogens is 2. The average Bonchev–Trinajstić information content (AvgIpc) is 3.44. The lowest BCUT2D eigenvalue weighted by atomic mass is 10.0. The molecule has 6 nitrogen and oxygen atoms in total. The molecular formula is C23H27N5OS2. The Hall–Kier alpha value is -2.58. The Labute approximate surface area is 190 Å². The number of hydrogen-bond acceptors (Lipinski definition) is 7. The summed E-state index contributed by atoms with van der Waals surface area (Å²) in [4.78, 5) is 24.6. The monoisotopic (exact) mass is 453 g/mol. The van der Waals surface area contributed by atoms with Crippen LogP contribution in [0.15, 0.2) is 51.6 Å². The molecule has 0 atom stereocenters. The maximum Gasteiger partial charge on any atom is 0.251 e. The van der Waals surface area contributed by atoms with E-state index in [9.17, 15) is 4.79 Å². The second-order valence-electron chi connectivity index (χ2n) is 7.50. The van der Waals surface area contributed by atoms with Crippen LogP contribution in [0.25, 0.3) is 0 Å². The van der Waals surface area contributed by atoms with Gasteiger partial charge in [-0.15, -0.1) is 11.3 Å². The van der Waals surface area contributed by atoms with E-state index >= 15 is 0 Å². The standard InChI is InChI=1S/C23H27N5OS2/c1-16-13-18(26-21(29)20(16)8-7-17-5-3-2-4-6-17)9-12-30-14-19-15-31-23(27-19)28-22-24-10-11-25-22/h2-6,13,15H,7-12,14H2,1H3,(H,26,29)(H2,24,25,27,28). The van der Waals surface area contributed by atoms with E-state index in [1.807, 2.05) is 36.9 Å². The summed E-state index contributed by atoms with van der Waals surface area (Å²) in [6.07, 6.45) is 2.49. The van der Waals surface area contributed by atoms with Gasteiger partial charge in [0.1, 0.15) is 0 Å². The van der Waals surface area contributed by atoms with Gasteiger partial charge in [-0.1, -0.05) is 30.3 Å². The highest BCUT2D eigenvalue weighted by molar-refractivity contribution is 7.98. The zero-order chi connectivity index (χ0) is 21.5. The number of H-pyrrole nitrogens is 1. The van der Waals surface area contributed by atoms with Crippen LogP contribution in [0.3, 0.4) is 0 Å². The lowest BCUT2D eigenvalue weighted by Gasteiger charge is -2.08. The summed E-state index contributed by atoms with van der Waals surface area (Å²) in [7, 11) is 0. The number of benzene rings is 1. The van der Waals surface area contributed by atoms with Gasteiger partial charge in [0.15, 0.2) is 11.1 Å². The van der Waals surface area contributed by atoms with Crippen molar-refractivity contribution in [3.8, 4) is 0 Å². The Bertz CT molecular complexity index is 1090. The molecule has 3 N–H and O–H groups in total. The molecule has 31 heavy (non-hydrogen) atoms. The maximum atomic E-state index is 12.6. The lowest BCUT2D eigenvalue weighted by molar-refractivity contribution is 0.899. The first kappa shape index (κ1) is 21.6. The van der Waals surface area contributed by atoms with Gasteiger partial charge in [-0.25, -0.2) is 4.98 Å². The zero-order valence-corrected chi connectivity index (χ0v) is 19.2. The van der Waals surface area contributed by atoms with Crippen molar-refractivity contribution in [3.05, 3.63) is 80.2 Å². The fourth-order valence-corrected chi connectivity index (χ4v) is 5.20. The maximum absolute atomic E-state index is 12.6. The molecule has 0 aliphatic carbocycles. The van der Waals surface area contributed by atoms with Gasteiger partial charge in [0.05, 0.1) is 12.2 Å². The summed E-state index contributed by atoms with van der Waals surface area (Å²) in [6, 6.07) is 12.4. The Morgan fingerprint density at radius 2 is 2.06 bits per heavy atom. The van der Waals surface area contributed by atoms with Gasteiger partial charge in [0.25, 0.3) is 5.56 Å². The Morgan fingerprint density at radius 1 is 1.19 bits per heavy atom. The first-order valence-corrected chi connectivity index (χ1v) is 12.5. The topological polar surface area (TPSA) is 82.2 Å². The molecule has 0 fully saturated rings. The van der Waals surface area contributed by atoms with Gasteiger partial charge in [-0.05, 0) is 49.1 Å². The minimum Gasteiger partial charge on any atom is -0.354 e. The molecule has 2 aromatic heterocycles. The van der Waals surface area contributed by atoms with Crippen LogP contribution < -0.4 is 16.2 Å². The summed E-state index contributed by atoms with van der Waals surface area (Å²) >= 11 is 3.42. The molecule has 1 aliphatic heterocycles. The molecule has 0 radical (unpaired) electrons. The number of pyridine rings is 1. The number of nitrogens with one attached hydrogen (secondary N) is 3. The molecule has 0 unspecified atom stereocenters. The number of anilines is 1. The number of aromatic amines is 1. The van der Waals surface area contributed by atoms with Crippen molar-refractivity contribution < 1.29 is 0 Å². The predicted molar refractivity (Wildman–Crippen MR) is 132 cm³/mol. The Balaban J connectivity index is 1.24. The van der Waals surface area contributed by atoms with Crippen LogP contribution in [0.4, 0.5) is 5.13 Å². The van der Waals surface area contributed by atoms with Crippen LogP contribution in [0, 0.1) is 6.92 Å². The van der Waals surface area contributed by atoms with E-state index in [0.29, 0.717) is 0 Å². The van der Waals surface area contributed by atoms with Crippen molar-refractivity contribution in [1.82, 2.24) is 15.3 Å². The molecule has 162 valence electrons. The number of guanidine groups is 1. The summed E-state index contributed by atoms with van der Waals surface area (Å²) in [6.45, 7) is 3.73. The van der Waals surface area contributed by atoms with E-state index in [4.69, 9.17) is 0 Å². The third-order valence-corrected chi connectivity index (χ3v) is 6.94. The van der Waals surface area contributed by atoms with E-state index < -0.39 is 0 Å². The number of nitrogens with zero attached hydrogens (tertiary/aromatic N) is 2. The number of hydrogen-bond donors (Lipinski definition) is 3. The van der Waals surface area contributed by atoms with Crippen LogP contribution in [-0.4, -0.2) is 34.8 Å². The summed E-state index contributed by atoms with van der Waals surface area (Å²) < 4.78 is 0.